The molecule has 3 nitrogen and oxygen atoms in total. The molecule has 31 heavy (non-hydrogen) atoms. The number of alkyl halides is 3. The first-order valence-electron chi connectivity index (χ1n) is 9.05. The second-order valence-electron chi connectivity index (χ2n) is 6.79. The van der Waals surface area contributed by atoms with Crippen molar-refractivity contribution in [1.82, 2.24) is 9.97 Å². The van der Waals surface area contributed by atoms with E-state index in [0.717, 1.165) is 23.7 Å². The Kier molecular flexibility index (Phi) is 5.14. The molecular formula is C23H14F5N3. The quantitative estimate of drug-likeness (QED) is 0.369. The summed E-state index contributed by atoms with van der Waals surface area (Å²) in [6.07, 6.45) is -1.94. The second kappa shape index (κ2) is 7.79. The molecule has 0 unspecified atom stereocenters. The Bertz CT molecular complexity index is 1280. The third kappa shape index (κ3) is 4.37. The van der Waals surface area contributed by atoms with Crippen LogP contribution in [-0.2, 0) is 6.18 Å². The second-order valence-corrected chi connectivity index (χ2v) is 6.79. The van der Waals surface area contributed by atoms with Gasteiger partial charge in [-0.1, -0.05) is 18.7 Å². The number of aromatic nitrogens is 2. The Morgan fingerprint density at radius 2 is 1.68 bits per heavy atom. The van der Waals surface area contributed by atoms with Gasteiger partial charge in [0.15, 0.2) is 0 Å². The highest BCUT2D eigenvalue weighted by Crippen LogP contribution is 2.29. The van der Waals surface area contributed by atoms with Crippen molar-refractivity contribution in [2.75, 3.05) is 5.32 Å². The summed E-state index contributed by atoms with van der Waals surface area (Å²) in [6, 6.07) is 12.5. The van der Waals surface area contributed by atoms with Gasteiger partial charge in [0.2, 0.25) is 0 Å². The van der Waals surface area contributed by atoms with E-state index >= 15 is 0 Å². The van der Waals surface area contributed by atoms with Crippen molar-refractivity contribution in [3.8, 4) is 11.1 Å². The molecule has 0 fully saturated rings. The fourth-order valence-electron chi connectivity index (χ4n) is 3.06. The van der Waals surface area contributed by atoms with Crippen LogP contribution in [0.5, 0.6) is 0 Å². The van der Waals surface area contributed by atoms with Crippen molar-refractivity contribution < 1.29 is 22.0 Å². The normalized spacial score (nSPS) is 11.5. The SMILES string of the molecule is C=C(Nc1ccc(C(F)(F)F)nc1)c1ccc2cc(-c3ccc(F)cc3F)cnc2c1. The molecule has 0 spiro atoms. The molecule has 0 saturated heterocycles. The lowest BCUT2D eigenvalue weighted by molar-refractivity contribution is -0.141. The van der Waals surface area contributed by atoms with E-state index in [1.54, 1.807) is 24.3 Å². The van der Waals surface area contributed by atoms with Crippen LogP contribution in [0, 0.1) is 11.6 Å². The molecule has 8 heteroatoms. The van der Waals surface area contributed by atoms with Crippen LogP contribution in [0.2, 0.25) is 0 Å². The number of hydrogen-bond acceptors (Lipinski definition) is 3. The van der Waals surface area contributed by atoms with Crippen molar-refractivity contribution in [2.45, 2.75) is 6.18 Å². The highest BCUT2D eigenvalue weighted by molar-refractivity contribution is 5.88. The largest absolute Gasteiger partial charge is 0.433 e. The highest BCUT2D eigenvalue weighted by Gasteiger charge is 2.32. The highest BCUT2D eigenvalue weighted by atomic mass is 19.4. The molecule has 0 atom stereocenters. The molecule has 0 aliphatic rings. The number of hydrogen-bond donors (Lipinski definition) is 1. The minimum Gasteiger partial charge on any atom is -0.354 e. The van der Waals surface area contributed by atoms with Gasteiger partial charge in [-0.3, -0.25) is 4.98 Å². The zero-order chi connectivity index (χ0) is 22.2. The maximum Gasteiger partial charge on any atom is 0.433 e. The van der Waals surface area contributed by atoms with E-state index in [-0.39, 0.29) is 5.56 Å². The maximum atomic E-state index is 14.0. The summed E-state index contributed by atoms with van der Waals surface area (Å²) < 4.78 is 65.1. The average molecular weight is 427 g/mol. The Morgan fingerprint density at radius 3 is 2.35 bits per heavy atom. The van der Waals surface area contributed by atoms with Gasteiger partial charge < -0.3 is 5.32 Å². The van der Waals surface area contributed by atoms with Gasteiger partial charge in [0.05, 0.1) is 17.4 Å². The summed E-state index contributed by atoms with van der Waals surface area (Å²) in [7, 11) is 0. The van der Waals surface area contributed by atoms with Crippen LogP contribution in [0.3, 0.4) is 0 Å². The molecule has 0 aliphatic carbocycles. The number of nitrogens with zero attached hydrogens (tertiary/aromatic N) is 2. The molecule has 2 aromatic heterocycles. The van der Waals surface area contributed by atoms with Crippen LogP contribution in [-0.4, -0.2) is 9.97 Å². The summed E-state index contributed by atoms with van der Waals surface area (Å²) >= 11 is 0. The van der Waals surface area contributed by atoms with Crippen LogP contribution >= 0.6 is 0 Å². The van der Waals surface area contributed by atoms with Crippen LogP contribution in [0.15, 0.2) is 73.6 Å². The van der Waals surface area contributed by atoms with Crippen LogP contribution in [0.25, 0.3) is 27.7 Å². The predicted octanol–water partition coefficient (Wildman–Crippen LogP) is 6.68. The summed E-state index contributed by atoms with van der Waals surface area (Å²) in [4.78, 5) is 7.75. The molecule has 0 saturated carbocycles. The van der Waals surface area contributed by atoms with Gasteiger partial charge in [-0.05, 0) is 42.0 Å². The minimum atomic E-state index is -4.50. The lowest BCUT2D eigenvalue weighted by atomic mass is 10.0. The minimum absolute atomic E-state index is 0.237. The fourth-order valence-corrected chi connectivity index (χ4v) is 3.06. The molecule has 0 radical (unpaired) electrons. The van der Waals surface area contributed by atoms with E-state index in [1.165, 1.54) is 24.4 Å². The van der Waals surface area contributed by atoms with E-state index in [9.17, 15) is 22.0 Å². The summed E-state index contributed by atoms with van der Waals surface area (Å²) in [5, 5.41) is 3.64. The topological polar surface area (TPSA) is 37.8 Å². The Morgan fingerprint density at radius 1 is 0.871 bits per heavy atom. The first-order chi connectivity index (χ1) is 14.7. The van der Waals surface area contributed by atoms with Gasteiger partial charge in [-0.25, -0.2) is 13.8 Å². The molecule has 2 heterocycles. The third-order valence-corrected chi connectivity index (χ3v) is 4.62. The van der Waals surface area contributed by atoms with Gasteiger partial charge in [0, 0.05) is 34.5 Å². The van der Waals surface area contributed by atoms with Crippen molar-refractivity contribution in [2.24, 2.45) is 0 Å². The number of benzene rings is 2. The number of anilines is 1. The summed E-state index contributed by atoms with van der Waals surface area (Å²) in [5.74, 6) is -1.34. The van der Waals surface area contributed by atoms with Gasteiger partial charge in [0.25, 0.3) is 0 Å². The van der Waals surface area contributed by atoms with E-state index < -0.39 is 23.5 Å². The predicted molar refractivity (Wildman–Crippen MR) is 109 cm³/mol. The van der Waals surface area contributed by atoms with E-state index in [2.05, 4.69) is 21.9 Å². The molecule has 0 amide bonds. The first kappa shape index (κ1) is 20.5. The van der Waals surface area contributed by atoms with Crippen molar-refractivity contribution >= 4 is 22.3 Å². The zero-order valence-electron chi connectivity index (χ0n) is 15.8. The molecule has 4 aromatic rings. The van der Waals surface area contributed by atoms with Gasteiger partial charge in [-0.2, -0.15) is 13.2 Å². The number of pyridine rings is 2. The maximum absolute atomic E-state index is 14.0. The van der Waals surface area contributed by atoms with Gasteiger partial charge in [-0.15, -0.1) is 0 Å². The zero-order valence-corrected chi connectivity index (χ0v) is 15.8. The van der Waals surface area contributed by atoms with E-state index in [4.69, 9.17) is 0 Å². The van der Waals surface area contributed by atoms with Gasteiger partial charge >= 0.3 is 6.18 Å². The molecule has 156 valence electrons. The molecular weight excluding hydrogens is 413 g/mol. The van der Waals surface area contributed by atoms with Crippen LogP contribution in [0.1, 0.15) is 11.3 Å². The Labute approximate surface area is 173 Å². The molecule has 1 N–H and O–H groups in total. The standard InChI is InChI=1S/C23H14F5N3/c1-13(31-18-5-7-22(30-12-18)23(26,27)28)14-2-3-15-8-16(11-29-21(15)9-14)19-6-4-17(24)10-20(19)25/h2-12,31H,1H2. The molecule has 2 aromatic carbocycles. The lowest BCUT2D eigenvalue weighted by Crippen LogP contribution is -2.08. The number of halogens is 5. The average Bonchev–Trinajstić information content (AvgIpc) is 2.73. The first-order valence-corrected chi connectivity index (χ1v) is 9.05. The molecule has 4 rings (SSSR count). The van der Waals surface area contributed by atoms with E-state index in [1.807, 2.05) is 0 Å². The Balaban J connectivity index is 1.57. The Hall–Kier alpha value is -3.81. The van der Waals surface area contributed by atoms with Crippen LogP contribution < -0.4 is 5.32 Å². The molecule has 0 aliphatic heterocycles. The summed E-state index contributed by atoms with van der Waals surface area (Å²) in [6.45, 7) is 3.91. The van der Waals surface area contributed by atoms with Crippen molar-refractivity contribution in [3.63, 3.8) is 0 Å². The number of rotatable bonds is 4. The smallest absolute Gasteiger partial charge is 0.354 e. The van der Waals surface area contributed by atoms with Gasteiger partial charge in [0.1, 0.15) is 17.3 Å². The van der Waals surface area contributed by atoms with E-state index in [0.29, 0.717) is 28.0 Å². The fraction of sp³-hybridized carbons (Fsp3) is 0.0435. The molecule has 0 bridgehead atoms. The van der Waals surface area contributed by atoms with Crippen LogP contribution in [0.4, 0.5) is 27.6 Å². The number of nitrogens with one attached hydrogen (secondary N) is 1. The summed E-state index contributed by atoms with van der Waals surface area (Å²) in [5.41, 5.74) is 1.84. The monoisotopic (exact) mass is 427 g/mol. The third-order valence-electron chi connectivity index (χ3n) is 4.62. The van der Waals surface area contributed by atoms with Crippen molar-refractivity contribution in [3.05, 3.63) is 96.5 Å². The number of fused-ring (bicyclic) bond motifs is 1. The lowest BCUT2D eigenvalue weighted by Gasteiger charge is -2.12. The van der Waals surface area contributed by atoms with Crippen molar-refractivity contribution in [1.29, 1.82) is 0 Å².